The number of Topliss-reactive ketones (excluding diaryl/α,β-unsaturated/α-hetero) is 1. The maximum Gasteiger partial charge on any atom is 0.306 e. The van der Waals surface area contributed by atoms with Crippen LogP contribution >= 0.6 is 0 Å². The van der Waals surface area contributed by atoms with Gasteiger partial charge in [-0.2, -0.15) is 13.7 Å². The summed E-state index contributed by atoms with van der Waals surface area (Å²) >= 11 is 0. The molecule has 0 aromatic heterocycles. The van der Waals surface area contributed by atoms with Crippen molar-refractivity contribution in [3.05, 3.63) is 52.1 Å². The van der Waals surface area contributed by atoms with Crippen LogP contribution in [-0.4, -0.2) is 63.9 Å². The van der Waals surface area contributed by atoms with Gasteiger partial charge in [-0.15, -0.1) is 0 Å². The Morgan fingerprint density at radius 1 is 1.15 bits per heavy atom. The quantitative estimate of drug-likeness (QED) is 0.215. The number of nitrogens with one attached hydrogen (secondary N) is 2. The fourth-order valence-electron chi connectivity index (χ4n) is 4.41. The molecule has 3 rings (SSSR count). The maximum absolute atomic E-state index is 13.6. The van der Waals surface area contributed by atoms with Crippen LogP contribution in [0.25, 0.3) is 0 Å². The Bertz CT molecular complexity index is 1500. The molecule has 0 aliphatic carbocycles. The van der Waals surface area contributed by atoms with Crippen LogP contribution in [0.3, 0.4) is 0 Å². The number of carbonyl (C=O) groups excluding carboxylic acids is 2. The predicted molar refractivity (Wildman–Crippen MR) is 154 cm³/mol. The van der Waals surface area contributed by atoms with Gasteiger partial charge in [0.25, 0.3) is 5.91 Å². The van der Waals surface area contributed by atoms with Gasteiger partial charge in [0.15, 0.2) is 17.3 Å². The Morgan fingerprint density at radius 2 is 1.85 bits per heavy atom. The van der Waals surface area contributed by atoms with Gasteiger partial charge in [-0.05, 0) is 48.6 Å². The first-order valence-electron chi connectivity index (χ1n) is 13.2. The van der Waals surface area contributed by atoms with E-state index in [1.165, 1.54) is 13.1 Å². The number of benzene rings is 2. The van der Waals surface area contributed by atoms with E-state index in [0.29, 0.717) is 35.5 Å². The van der Waals surface area contributed by atoms with Crippen LogP contribution in [0, 0.1) is 16.7 Å². The molecule has 2 aromatic carbocycles. The number of amides is 1. The van der Waals surface area contributed by atoms with Gasteiger partial charge in [0, 0.05) is 36.7 Å². The Labute approximate surface area is 241 Å². The molecule has 1 heterocycles. The topological polar surface area (TPSA) is 159 Å². The van der Waals surface area contributed by atoms with Gasteiger partial charge in [-0.3, -0.25) is 15.0 Å². The first-order chi connectivity index (χ1) is 19.2. The zero-order valence-electron chi connectivity index (χ0n) is 24.2. The van der Waals surface area contributed by atoms with E-state index >= 15 is 0 Å². The average molecular weight is 585 g/mol. The van der Waals surface area contributed by atoms with Gasteiger partial charge in [0.2, 0.25) is 0 Å². The minimum Gasteiger partial charge on any atom is -0.493 e. The van der Waals surface area contributed by atoms with Gasteiger partial charge < -0.3 is 23.9 Å². The van der Waals surface area contributed by atoms with Crippen LogP contribution in [0.2, 0.25) is 0 Å². The molecule has 0 unspecified atom stereocenters. The lowest BCUT2D eigenvalue weighted by atomic mass is 9.84. The fourth-order valence-corrected chi connectivity index (χ4v) is 4.89. The standard InChI is InChI=1S/C29H36N4O7S/c1-7-38-24-14-19-16-33(27(31)20(19)15-21(24)28(35)32-5)17-23(34)18-12-22(29(2,3)4)26(40-41(6,36)37)25(13-18)39-11-9-8-10-30/h12-15,31H,7-9,11,16-17H2,1-6H3,(H,32,35). The highest BCUT2D eigenvalue weighted by molar-refractivity contribution is 7.86. The molecular weight excluding hydrogens is 548 g/mol. The SMILES string of the molecule is CCOc1cc2c(cc1C(=O)NC)C(=N)N(CC(=O)c1cc(OCCCC#N)c(OS(C)(=O)=O)c(C(C)(C)C)c1)C2. The molecule has 12 heteroatoms. The van der Waals surface area contributed by atoms with Crippen molar-refractivity contribution in [1.29, 1.82) is 10.7 Å². The third-order valence-corrected chi connectivity index (χ3v) is 6.82. The highest BCUT2D eigenvalue weighted by atomic mass is 32.2. The number of nitriles is 1. The molecule has 1 amide bonds. The molecule has 2 N–H and O–H groups in total. The number of nitrogens with zero attached hydrogens (tertiary/aromatic N) is 2. The Hall–Kier alpha value is -4.11. The van der Waals surface area contributed by atoms with Crippen molar-refractivity contribution in [3.63, 3.8) is 0 Å². The van der Waals surface area contributed by atoms with Crippen LogP contribution in [-0.2, 0) is 22.1 Å². The molecule has 0 saturated heterocycles. The number of unbranched alkanes of at least 4 members (excludes halogenated alkanes) is 1. The highest BCUT2D eigenvalue weighted by Crippen LogP contribution is 2.41. The van der Waals surface area contributed by atoms with E-state index in [0.717, 1.165) is 11.8 Å². The summed E-state index contributed by atoms with van der Waals surface area (Å²) in [5.74, 6) is -0.0754. The number of amidine groups is 1. The molecule has 0 saturated carbocycles. The smallest absolute Gasteiger partial charge is 0.306 e. The normalized spacial score (nSPS) is 12.9. The van der Waals surface area contributed by atoms with E-state index in [1.807, 2.05) is 33.8 Å². The monoisotopic (exact) mass is 584 g/mol. The summed E-state index contributed by atoms with van der Waals surface area (Å²) in [4.78, 5) is 27.6. The van der Waals surface area contributed by atoms with Crippen LogP contribution in [0.4, 0.5) is 0 Å². The fraction of sp³-hybridized carbons (Fsp3) is 0.448. The summed E-state index contributed by atoms with van der Waals surface area (Å²) in [6, 6.07) is 8.39. The first-order valence-corrected chi connectivity index (χ1v) is 15.0. The molecule has 1 aliphatic heterocycles. The number of fused-ring (bicyclic) bond motifs is 1. The van der Waals surface area contributed by atoms with E-state index in [4.69, 9.17) is 24.3 Å². The Kier molecular flexibility index (Phi) is 9.65. The lowest BCUT2D eigenvalue weighted by Gasteiger charge is -2.25. The second-order valence-corrected chi connectivity index (χ2v) is 12.2. The molecule has 0 bridgehead atoms. The zero-order chi connectivity index (χ0) is 30.5. The van der Waals surface area contributed by atoms with Gasteiger partial charge >= 0.3 is 10.1 Å². The molecule has 0 atom stereocenters. The number of carbonyl (C=O) groups is 2. The maximum atomic E-state index is 13.6. The zero-order valence-corrected chi connectivity index (χ0v) is 25.0. The minimum absolute atomic E-state index is 0.0000112. The number of rotatable bonds is 12. The molecule has 2 aromatic rings. The summed E-state index contributed by atoms with van der Waals surface area (Å²) in [7, 11) is -2.40. The highest BCUT2D eigenvalue weighted by Gasteiger charge is 2.31. The summed E-state index contributed by atoms with van der Waals surface area (Å²) in [5, 5.41) is 20.2. The number of ketones is 1. The van der Waals surface area contributed by atoms with E-state index in [-0.39, 0.29) is 60.7 Å². The molecule has 1 aliphatic rings. The number of ether oxygens (including phenoxy) is 2. The van der Waals surface area contributed by atoms with Crippen LogP contribution in [0.1, 0.15) is 77.9 Å². The van der Waals surface area contributed by atoms with Crippen LogP contribution < -0.4 is 19.0 Å². The summed E-state index contributed by atoms with van der Waals surface area (Å²) < 4.78 is 41.0. The van der Waals surface area contributed by atoms with Gasteiger partial charge in [-0.25, -0.2) is 0 Å². The van der Waals surface area contributed by atoms with Gasteiger partial charge in [0.1, 0.15) is 11.6 Å². The molecular formula is C29H36N4O7S. The second-order valence-electron chi connectivity index (χ2n) is 10.6. The third kappa shape index (κ3) is 7.55. The van der Waals surface area contributed by atoms with E-state index in [9.17, 15) is 18.0 Å². The lowest BCUT2D eigenvalue weighted by molar-refractivity contribution is 0.0952. The summed E-state index contributed by atoms with van der Waals surface area (Å²) in [5.41, 5.74) is 1.70. The first kappa shape index (κ1) is 31.4. The molecule has 11 nitrogen and oxygen atoms in total. The van der Waals surface area contributed by atoms with Gasteiger partial charge in [0.05, 0.1) is 37.6 Å². The van der Waals surface area contributed by atoms with Gasteiger partial charge in [-0.1, -0.05) is 20.8 Å². The Morgan fingerprint density at radius 3 is 2.44 bits per heavy atom. The van der Waals surface area contributed by atoms with Crippen molar-refractivity contribution >= 4 is 27.6 Å². The van der Waals surface area contributed by atoms with Crippen LogP contribution in [0.15, 0.2) is 24.3 Å². The molecule has 0 fully saturated rings. The van der Waals surface area contributed by atoms with Crippen molar-refractivity contribution in [3.8, 4) is 23.3 Å². The Balaban J connectivity index is 1.98. The largest absolute Gasteiger partial charge is 0.493 e. The van der Waals surface area contributed by atoms with Crippen molar-refractivity contribution in [2.24, 2.45) is 0 Å². The molecule has 220 valence electrons. The van der Waals surface area contributed by atoms with E-state index < -0.39 is 15.5 Å². The molecule has 0 radical (unpaired) electrons. The summed E-state index contributed by atoms with van der Waals surface area (Å²) in [6.45, 7) is 8.00. The van der Waals surface area contributed by atoms with Crippen molar-refractivity contribution in [2.75, 3.05) is 33.1 Å². The van der Waals surface area contributed by atoms with Crippen molar-refractivity contribution in [2.45, 2.75) is 52.5 Å². The summed E-state index contributed by atoms with van der Waals surface area (Å²) in [6.07, 6.45) is 1.58. The molecule has 0 spiro atoms. The lowest BCUT2D eigenvalue weighted by Crippen LogP contribution is -2.30. The number of hydrogen-bond acceptors (Lipinski definition) is 9. The predicted octanol–water partition coefficient (Wildman–Crippen LogP) is 3.79. The van der Waals surface area contributed by atoms with Crippen molar-refractivity contribution in [1.82, 2.24) is 10.2 Å². The van der Waals surface area contributed by atoms with E-state index in [2.05, 4.69) is 5.32 Å². The number of hydrogen-bond donors (Lipinski definition) is 2. The van der Waals surface area contributed by atoms with E-state index in [1.54, 1.807) is 23.1 Å². The average Bonchev–Trinajstić information content (AvgIpc) is 3.18. The minimum atomic E-state index is -3.92. The third-order valence-electron chi connectivity index (χ3n) is 6.35. The second kappa shape index (κ2) is 12.6. The van der Waals surface area contributed by atoms with Crippen LogP contribution in [0.5, 0.6) is 17.2 Å². The molecule has 41 heavy (non-hydrogen) atoms. The van der Waals surface area contributed by atoms with Crippen molar-refractivity contribution < 1.29 is 31.7 Å².